The van der Waals surface area contributed by atoms with Crippen LogP contribution in [-0.2, 0) is 14.4 Å². The number of aromatic nitrogens is 4. The van der Waals surface area contributed by atoms with Crippen LogP contribution in [0.1, 0.15) is 91.0 Å². The van der Waals surface area contributed by atoms with Gasteiger partial charge in [-0.3, -0.25) is 24.1 Å². The van der Waals surface area contributed by atoms with Crippen LogP contribution in [0, 0.1) is 0 Å². The summed E-state index contributed by atoms with van der Waals surface area (Å²) in [6, 6.07) is 22.3. The molecule has 3 aromatic carbocycles. The molecule has 8 rings (SSSR count). The van der Waals surface area contributed by atoms with Gasteiger partial charge in [0.05, 0.1) is 28.2 Å². The molecule has 59 heavy (non-hydrogen) atoms. The van der Waals surface area contributed by atoms with Crippen LogP contribution in [0.3, 0.4) is 0 Å². The molecule has 3 aliphatic heterocycles. The van der Waals surface area contributed by atoms with Crippen LogP contribution in [0.4, 0.5) is 11.5 Å². The molecule has 15 heteroatoms. The normalized spacial score (nSPS) is 19.4. The van der Waals surface area contributed by atoms with Gasteiger partial charge < -0.3 is 30.8 Å². The molecule has 0 aliphatic carbocycles. The Hall–Kier alpha value is -6.48. The molecule has 2 aromatic heterocycles. The Morgan fingerprint density at radius 2 is 1.71 bits per heavy atom. The van der Waals surface area contributed by atoms with E-state index in [1.807, 2.05) is 59.3 Å². The molecule has 0 radical (unpaired) electrons. The number of ether oxygens (including phenoxy) is 1. The molecule has 0 spiro atoms. The molecule has 304 valence electrons. The van der Waals surface area contributed by atoms with Crippen molar-refractivity contribution in [3.05, 3.63) is 90.3 Å². The topological polar surface area (TPSA) is 195 Å². The number of imide groups is 1. The zero-order chi connectivity index (χ0) is 40.9. The average molecular weight is 798 g/mol. The number of piperidine rings is 2. The summed E-state index contributed by atoms with van der Waals surface area (Å²) in [5.41, 5.74) is 7.79. The Kier molecular flexibility index (Phi) is 11.4. The number of amides is 4. The average Bonchev–Trinajstić information content (AvgIpc) is 3.78. The third-order valence-electron chi connectivity index (χ3n) is 11.6. The maximum absolute atomic E-state index is 13.6. The number of nitrogens with one attached hydrogen (secondary N) is 2. The van der Waals surface area contributed by atoms with Crippen LogP contribution in [0.25, 0.3) is 22.3 Å². The summed E-state index contributed by atoms with van der Waals surface area (Å²) >= 11 is 0. The summed E-state index contributed by atoms with van der Waals surface area (Å²) in [6.45, 7) is 2.69. The number of anilines is 2. The molecule has 4 N–H and O–H groups in total. The first-order valence-electron chi connectivity index (χ1n) is 20.3. The van der Waals surface area contributed by atoms with Crippen molar-refractivity contribution in [2.45, 2.75) is 75.8 Å². The van der Waals surface area contributed by atoms with Crippen LogP contribution >= 0.6 is 0 Å². The molecule has 2 atom stereocenters. The van der Waals surface area contributed by atoms with Crippen molar-refractivity contribution < 1.29 is 28.7 Å². The molecule has 5 aromatic rings. The van der Waals surface area contributed by atoms with Gasteiger partial charge in [0.2, 0.25) is 11.8 Å². The molecular weight excluding hydrogens is 751 g/mol. The molecular formula is C44H47N9O6. The summed E-state index contributed by atoms with van der Waals surface area (Å²) in [5.74, 6) is 0.138. The second-order valence-electron chi connectivity index (χ2n) is 15.5. The van der Waals surface area contributed by atoms with E-state index in [4.69, 9.17) is 15.6 Å². The fourth-order valence-corrected chi connectivity index (χ4v) is 8.45. The third-order valence-corrected chi connectivity index (χ3v) is 11.6. The van der Waals surface area contributed by atoms with E-state index < -0.39 is 17.4 Å². The van der Waals surface area contributed by atoms with Crippen molar-refractivity contribution >= 4 is 52.5 Å². The van der Waals surface area contributed by atoms with Crippen LogP contribution in [-0.4, -0.2) is 91.2 Å². The first-order chi connectivity index (χ1) is 28.7. The van der Waals surface area contributed by atoms with Gasteiger partial charge in [-0.05, 0) is 93.7 Å². The summed E-state index contributed by atoms with van der Waals surface area (Å²) in [6.07, 6.45) is 9.03. The van der Waals surface area contributed by atoms with Crippen molar-refractivity contribution in [2.75, 3.05) is 37.2 Å². The van der Waals surface area contributed by atoms with E-state index in [2.05, 4.69) is 25.5 Å². The standard InChI is InChI=1S/C44H47N9O6/c45-40-38-39(29-17-19-32(20-18-29)59-31-12-5-4-6-13-31)50-53(41(38)48-28-47-40)30-11-10-24-51(25-30)23-8-3-1-2-7-16-36(56)49-34-15-9-14-33-37(34)43(58)52(42(33)57)44(27-54)22-21-35(55)46-26-44/h4-6,9,12-15,17-20,27-28,30H,1-3,7-8,10-11,16,21-26H2,(H,46,55)(H,49,56)(H2,45,47,48). The number of hydrogen-bond donors (Lipinski definition) is 3. The highest BCUT2D eigenvalue weighted by molar-refractivity contribution is 6.26. The molecule has 5 heterocycles. The number of hydrogen-bond acceptors (Lipinski definition) is 11. The Balaban J connectivity index is 0.806. The summed E-state index contributed by atoms with van der Waals surface area (Å²) < 4.78 is 8.02. The van der Waals surface area contributed by atoms with Crippen molar-refractivity contribution in [3.8, 4) is 22.8 Å². The van der Waals surface area contributed by atoms with Crippen molar-refractivity contribution in [2.24, 2.45) is 0 Å². The molecule has 4 amide bonds. The van der Waals surface area contributed by atoms with E-state index in [0.717, 1.165) is 96.8 Å². The fraction of sp³-hybridized carbons (Fsp3) is 0.364. The number of para-hydroxylation sites is 1. The van der Waals surface area contributed by atoms with E-state index in [9.17, 15) is 24.0 Å². The lowest BCUT2D eigenvalue weighted by atomic mass is 9.89. The maximum Gasteiger partial charge on any atom is 0.264 e. The van der Waals surface area contributed by atoms with Crippen LogP contribution in [0.15, 0.2) is 79.1 Å². The van der Waals surface area contributed by atoms with Gasteiger partial charge in [-0.15, -0.1) is 0 Å². The highest BCUT2D eigenvalue weighted by Gasteiger charge is 2.51. The summed E-state index contributed by atoms with van der Waals surface area (Å²) in [4.78, 5) is 76.2. The molecule has 3 aliphatic rings. The van der Waals surface area contributed by atoms with Gasteiger partial charge in [0.1, 0.15) is 41.2 Å². The van der Waals surface area contributed by atoms with Gasteiger partial charge in [0, 0.05) is 31.5 Å². The minimum absolute atomic E-state index is 0.0234. The Morgan fingerprint density at radius 3 is 2.49 bits per heavy atom. The van der Waals surface area contributed by atoms with Crippen molar-refractivity contribution in [1.82, 2.24) is 34.9 Å². The monoisotopic (exact) mass is 797 g/mol. The van der Waals surface area contributed by atoms with Crippen LogP contribution < -0.4 is 21.1 Å². The second kappa shape index (κ2) is 17.2. The highest BCUT2D eigenvalue weighted by Crippen LogP contribution is 2.37. The maximum atomic E-state index is 13.6. The smallest absolute Gasteiger partial charge is 0.264 e. The number of unbranched alkanes of at least 4 members (excludes halogenated alkanes) is 4. The van der Waals surface area contributed by atoms with Gasteiger partial charge in [-0.25, -0.2) is 14.6 Å². The predicted molar refractivity (Wildman–Crippen MR) is 221 cm³/mol. The number of benzene rings is 3. The third kappa shape index (κ3) is 8.15. The largest absolute Gasteiger partial charge is 0.457 e. The quantitative estimate of drug-likeness (QED) is 0.0646. The minimum Gasteiger partial charge on any atom is -0.457 e. The highest BCUT2D eigenvalue weighted by atomic mass is 16.5. The van der Waals surface area contributed by atoms with Gasteiger partial charge in [-0.2, -0.15) is 5.10 Å². The molecule has 2 saturated heterocycles. The first kappa shape index (κ1) is 39.4. The van der Waals surface area contributed by atoms with Crippen LogP contribution in [0.5, 0.6) is 11.5 Å². The number of carbonyl (C=O) groups excluding carboxylic acids is 5. The minimum atomic E-state index is -1.46. The summed E-state index contributed by atoms with van der Waals surface area (Å²) in [5, 5.41) is 11.3. The fourth-order valence-electron chi connectivity index (χ4n) is 8.45. The Bertz CT molecular complexity index is 2370. The van der Waals surface area contributed by atoms with Crippen molar-refractivity contribution in [1.29, 1.82) is 0 Å². The Morgan fingerprint density at radius 1 is 0.932 bits per heavy atom. The van der Waals surface area contributed by atoms with E-state index in [1.165, 1.54) is 12.4 Å². The molecule has 0 saturated carbocycles. The van der Waals surface area contributed by atoms with E-state index in [0.29, 0.717) is 18.5 Å². The number of carbonyl (C=O) groups is 5. The summed E-state index contributed by atoms with van der Waals surface area (Å²) in [7, 11) is 0. The van der Waals surface area contributed by atoms with E-state index >= 15 is 0 Å². The van der Waals surface area contributed by atoms with E-state index in [-0.39, 0.29) is 60.5 Å². The van der Waals surface area contributed by atoms with Gasteiger partial charge in [0.15, 0.2) is 5.65 Å². The SMILES string of the molecule is Nc1ncnc2c1c(-c1ccc(Oc3ccccc3)cc1)nn2C1CCCN(CCCCCCCC(=O)Nc2cccc3c2C(=O)N(C2(C=O)CCC(=O)NC2)C3=O)C1. The zero-order valence-corrected chi connectivity index (χ0v) is 32.8. The number of fused-ring (bicyclic) bond motifs is 2. The molecule has 2 fully saturated rings. The van der Waals surface area contributed by atoms with Crippen molar-refractivity contribution in [3.63, 3.8) is 0 Å². The number of rotatable bonds is 15. The Labute approximate surface area is 341 Å². The zero-order valence-electron chi connectivity index (χ0n) is 32.8. The molecule has 15 nitrogen and oxygen atoms in total. The number of aldehydes is 1. The first-order valence-corrected chi connectivity index (χ1v) is 20.3. The van der Waals surface area contributed by atoms with Gasteiger partial charge in [0.25, 0.3) is 11.8 Å². The predicted octanol–water partition coefficient (Wildman–Crippen LogP) is 5.93. The lowest BCUT2D eigenvalue weighted by Gasteiger charge is -2.38. The number of nitrogens with two attached hydrogens (primary N) is 1. The number of likely N-dealkylation sites (tertiary alicyclic amines) is 1. The van der Waals surface area contributed by atoms with E-state index in [1.54, 1.807) is 12.1 Å². The lowest BCUT2D eigenvalue weighted by molar-refractivity contribution is -0.127. The number of nitrogen functional groups attached to an aromatic ring is 1. The van der Waals surface area contributed by atoms with Gasteiger partial charge in [-0.1, -0.05) is 43.5 Å². The second-order valence-corrected chi connectivity index (χ2v) is 15.5. The van der Waals surface area contributed by atoms with Crippen LogP contribution in [0.2, 0.25) is 0 Å². The molecule has 2 unspecified atom stereocenters. The van der Waals surface area contributed by atoms with Gasteiger partial charge >= 0.3 is 0 Å². The number of nitrogens with zero attached hydrogens (tertiary/aromatic N) is 6. The molecule has 0 bridgehead atoms. The lowest BCUT2D eigenvalue weighted by Crippen LogP contribution is -2.62.